The minimum absolute atomic E-state index is 0.243. The van der Waals surface area contributed by atoms with Gasteiger partial charge in [0.05, 0.1) is 0 Å². The Labute approximate surface area is 85.8 Å². The maximum atomic E-state index is 12.7. The highest BCUT2D eigenvalue weighted by Gasteiger charge is 1.99. The smallest absolute Gasteiger partial charge is 0.124 e. The molecule has 13 heavy (non-hydrogen) atoms. The summed E-state index contributed by atoms with van der Waals surface area (Å²) in [5.41, 5.74) is 1.92. The number of nitrogens with one attached hydrogen (secondary N) is 1. The fraction of sp³-hybridized carbons (Fsp3) is 0.200. The van der Waals surface area contributed by atoms with Crippen LogP contribution < -0.4 is 5.32 Å². The number of hydrogen-bond donors (Lipinski definition) is 1. The van der Waals surface area contributed by atoms with Gasteiger partial charge in [0.25, 0.3) is 0 Å². The van der Waals surface area contributed by atoms with E-state index in [1.165, 1.54) is 12.1 Å². The third-order valence-corrected chi connectivity index (χ3v) is 2.17. The van der Waals surface area contributed by atoms with E-state index >= 15 is 0 Å². The first-order valence-corrected chi connectivity index (χ1v) is 4.72. The van der Waals surface area contributed by atoms with E-state index in [2.05, 4.69) is 27.8 Å². The summed E-state index contributed by atoms with van der Waals surface area (Å²) in [4.78, 5) is 0. The van der Waals surface area contributed by atoms with Crippen molar-refractivity contribution in [1.82, 2.24) is 0 Å². The van der Waals surface area contributed by atoms with Crippen molar-refractivity contribution in [1.29, 1.82) is 0 Å². The Morgan fingerprint density at radius 2 is 2.31 bits per heavy atom. The second-order valence-electron chi connectivity index (χ2n) is 2.93. The van der Waals surface area contributed by atoms with Crippen LogP contribution in [0.2, 0.25) is 0 Å². The number of anilines is 1. The van der Waals surface area contributed by atoms with Gasteiger partial charge in [0, 0.05) is 16.7 Å². The van der Waals surface area contributed by atoms with Crippen LogP contribution >= 0.6 is 15.9 Å². The normalized spacial score (nSPS) is 9.77. The molecule has 70 valence electrons. The molecule has 0 aliphatic rings. The number of hydrogen-bond acceptors (Lipinski definition) is 1. The summed E-state index contributed by atoms with van der Waals surface area (Å²) < 4.78 is 13.4. The lowest BCUT2D eigenvalue weighted by Gasteiger charge is -2.07. The first kappa shape index (κ1) is 10.3. The van der Waals surface area contributed by atoms with Crippen LogP contribution in [0.5, 0.6) is 0 Å². The number of rotatable bonds is 3. The van der Waals surface area contributed by atoms with Crippen molar-refractivity contribution in [2.24, 2.45) is 0 Å². The van der Waals surface area contributed by atoms with Crippen LogP contribution in [0.4, 0.5) is 10.1 Å². The lowest BCUT2D eigenvalue weighted by molar-refractivity contribution is 0.627. The average Bonchev–Trinajstić information content (AvgIpc) is 2.02. The Bertz CT molecular complexity index is 323. The molecule has 0 heterocycles. The third-order valence-electron chi connectivity index (χ3n) is 1.51. The molecule has 1 N–H and O–H groups in total. The van der Waals surface area contributed by atoms with Gasteiger partial charge in [-0.2, -0.15) is 0 Å². The molecule has 0 spiro atoms. The van der Waals surface area contributed by atoms with Gasteiger partial charge in [0.1, 0.15) is 5.82 Å². The summed E-state index contributed by atoms with van der Waals surface area (Å²) in [7, 11) is 0. The summed E-state index contributed by atoms with van der Waals surface area (Å²) in [5, 5.41) is 3.13. The largest absolute Gasteiger partial charge is 0.380 e. The molecule has 1 aromatic carbocycles. The molecular formula is C10H11BrFN. The lowest BCUT2D eigenvalue weighted by Crippen LogP contribution is -2.02. The van der Waals surface area contributed by atoms with E-state index in [-0.39, 0.29) is 5.82 Å². The van der Waals surface area contributed by atoms with E-state index in [1.54, 1.807) is 6.07 Å². The van der Waals surface area contributed by atoms with E-state index in [0.29, 0.717) is 6.54 Å². The van der Waals surface area contributed by atoms with Crippen molar-refractivity contribution in [2.45, 2.75) is 6.92 Å². The predicted octanol–water partition coefficient (Wildman–Crippen LogP) is 3.58. The highest BCUT2D eigenvalue weighted by molar-refractivity contribution is 9.10. The standard InChI is InChI=1S/C10H11BrFN/c1-7(2)6-13-10-4-3-8(12)5-9(10)11/h3-5,13H,1,6H2,2H3. The molecule has 0 aliphatic carbocycles. The predicted molar refractivity (Wildman–Crippen MR) is 57.4 cm³/mol. The van der Waals surface area contributed by atoms with E-state index in [4.69, 9.17) is 0 Å². The second-order valence-corrected chi connectivity index (χ2v) is 3.79. The topological polar surface area (TPSA) is 12.0 Å². The van der Waals surface area contributed by atoms with Crippen LogP contribution in [0.15, 0.2) is 34.8 Å². The molecule has 0 saturated heterocycles. The van der Waals surface area contributed by atoms with Crippen LogP contribution in [-0.4, -0.2) is 6.54 Å². The molecular weight excluding hydrogens is 233 g/mol. The highest BCUT2D eigenvalue weighted by atomic mass is 79.9. The van der Waals surface area contributed by atoms with Crippen LogP contribution in [-0.2, 0) is 0 Å². The van der Waals surface area contributed by atoms with Crippen LogP contribution in [0, 0.1) is 5.82 Å². The van der Waals surface area contributed by atoms with Gasteiger partial charge in [0.15, 0.2) is 0 Å². The minimum atomic E-state index is -0.243. The highest BCUT2D eigenvalue weighted by Crippen LogP contribution is 2.22. The molecule has 0 unspecified atom stereocenters. The summed E-state index contributed by atoms with van der Waals surface area (Å²) in [6.45, 7) is 6.40. The molecule has 3 heteroatoms. The van der Waals surface area contributed by atoms with Crippen molar-refractivity contribution >= 4 is 21.6 Å². The first-order valence-electron chi connectivity index (χ1n) is 3.93. The molecule has 1 nitrogen and oxygen atoms in total. The van der Waals surface area contributed by atoms with Crippen molar-refractivity contribution < 1.29 is 4.39 Å². The van der Waals surface area contributed by atoms with Crippen LogP contribution in [0.25, 0.3) is 0 Å². The van der Waals surface area contributed by atoms with E-state index < -0.39 is 0 Å². The Balaban J connectivity index is 2.72. The zero-order valence-corrected chi connectivity index (χ0v) is 8.99. The lowest BCUT2D eigenvalue weighted by atomic mass is 10.3. The zero-order valence-electron chi connectivity index (χ0n) is 7.40. The van der Waals surface area contributed by atoms with Crippen LogP contribution in [0.1, 0.15) is 6.92 Å². The number of benzene rings is 1. The van der Waals surface area contributed by atoms with Crippen LogP contribution in [0.3, 0.4) is 0 Å². The molecule has 1 rings (SSSR count). The Kier molecular flexibility index (Phi) is 3.48. The summed E-state index contributed by atoms with van der Waals surface area (Å²) in [6, 6.07) is 4.55. The quantitative estimate of drug-likeness (QED) is 0.801. The fourth-order valence-corrected chi connectivity index (χ4v) is 1.37. The molecule has 0 radical (unpaired) electrons. The average molecular weight is 244 g/mol. The Morgan fingerprint density at radius 1 is 1.62 bits per heavy atom. The molecule has 1 aromatic rings. The molecule has 0 atom stereocenters. The molecule has 0 fully saturated rings. The molecule has 0 saturated carbocycles. The first-order chi connectivity index (χ1) is 6.09. The zero-order chi connectivity index (χ0) is 9.84. The monoisotopic (exact) mass is 243 g/mol. The molecule has 0 bridgehead atoms. The maximum absolute atomic E-state index is 12.7. The van der Waals surface area contributed by atoms with Gasteiger partial charge in [-0.15, -0.1) is 0 Å². The SMILES string of the molecule is C=C(C)CNc1ccc(F)cc1Br. The third kappa shape index (κ3) is 3.19. The summed E-state index contributed by atoms with van der Waals surface area (Å²) in [5.74, 6) is -0.243. The summed E-state index contributed by atoms with van der Waals surface area (Å²) >= 11 is 3.27. The van der Waals surface area contributed by atoms with E-state index in [9.17, 15) is 4.39 Å². The van der Waals surface area contributed by atoms with Gasteiger partial charge < -0.3 is 5.32 Å². The van der Waals surface area contributed by atoms with Gasteiger partial charge >= 0.3 is 0 Å². The van der Waals surface area contributed by atoms with Crippen molar-refractivity contribution in [3.8, 4) is 0 Å². The van der Waals surface area contributed by atoms with Crippen molar-refractivity contribution in [3.63, 3.8) is 0 Å². The Morgan fingerprint density at radius 3 is 2.85 bits per heavy atom. The summed E-state index contributed by atoms with van der Waals surface area (Å²) in [6.07, 6.45) is 0. The van der Waals surface area contributed by atoms with Gasteiger partial charge in [-0.25, -0.2) is 4.39 Å². The van der Waals surface area contributed by atoms with Gasteiger partial charge in [0.2, 0.25) is 0 Å². The van der Waals surface area contributed by atoms with Gasteiger partial charge in [-0.05, 0) is 41.1 Å². The van der Waals surface area contributed by atoms with Gasteiger partial charge in [-0.1, -0.05) is 12.2 Å². The fourth-order valence-electron chi connectivity index (χ4n) is 0.879. The van der Waals surface area contributed by atoms with E-state index in [0.717, 1.165) is 15.7 Å². The van der Waals surface area contributed by atoms with Crippen molar-refractivity contribution in [2.75, 3.05) is 11.9 Å². The van der Waals surface area contributed by atoms with Gasteiger partial charge in [-0.3, -0.25) is 0 Å². The maximum Gasteiger partial charge on any atom is 0.124 e. The molecule has 0 amide bonds. The Hall–Kier alpha value is -0.830. The number of halogens is 2. The molecule has 0 aliphatic heterocycles. The van der Waals surface area contributed by atoms with Crippen molar-refractivity contribution in [3.05, 3.63) is 40.6 Å². The van der Waals surface area contributed by atoms with E-state index in [1.807, 2.05) is 6.92 Å². The second kappa shape index (κ2) is 4.42. The minimum Gasteiger partial charge on any atom is -0.380 e. The molecule has 0 aromatic heterocycles.